The van der Waals surface area contributed by atoms with Crippen LogP contribution in [0.5, 0.6) is 0 Å². The van der Waals surface area contributed by atoms with Crippen LogP contribution in [0.1, 0.15) is 63.7 Å². The molecule has 2 rings (SSSR count). The van der Waals surface area contributed by atoms with Crippen LogP contribution in [0.25, 0.3) is 0 Å². The van der Waals surface area contributed by atoms with E-state index in [2.05, 4.69) is 5.32 Å². The summed E-state index contributed by atoms with van der Waals surface area (Å²) in [5.41, 5.74) is 1.64. The van der Waals surface area contributed by atoms with Crippen LogP contribution in [0.2, 0.25) is 0 Å². The zero-order valence-corrected chi connectivity index (χ0v) is 20.9. The van der Waals surface area contributed by atoms with Gasteiger partial charge in [-0.1, -0.05) is 42.5 Å². The number of hydrogen-bond donors (Lipinski definition) is 3. The molecule has 0 spiro atoms. The molecular formula is C27H38N2O6. The molecular weight excluding hydrogens is 448 g/mol. The van der Waals surface area contributed by atoms with Crippen molar-refractivity contribution >= 4 is 17.9 Å². The molecule has 2 aromatic carbocycles. The van der Waals surface area contributed by atoms with E-state index >= 15 is 0 Å². The summed E-state index contributed by atoms with van der Waals surface area (Å²) < 4.78 is 10.9. The van der Waals surface area contributed by atoms with E-state index in [0.29, 0.717) is 37.4 Å². The van der Waals surface area contributed by atoms with Crippen molar-refractivity contribution in [2.24, 2.45) is 0 Å². The highest BCUT2D eigenvalue weighted by Crippen LogP contribution is 2.23. The van der Waals surface area contributed by atoms with E-state index < -0.39 is 23.9 Å². The average molecular weight is 487 g/mol. The molecule has 0 saturated carbocycles. The number of rotatable bonds is 13. The Balaban J connectivity index is 1.76. The standard InChI is InChI=1S/C27H38N2O6/c1-27(2,3)35-25(31)28-16-15-24(30)22-13-10-14-23(19-22)29(26(32)33)17-8-5-9-18-34-20-21-11-6-4-7-12-21/h4,6-7,10-14,19,24,30H,5,8-9,15-18,20H2,1-3H3,(H,28,31)(H,32,33). The maximum atomic E-state index is 11.8. The fourth-order valence-electron chi connectivity index (χ4n) is 3.44. The second-order valence-electron chi connectivity index (χ2n) is 9.36. The molecule has 0 aliphatic rings. The van der Waals surface area contributed by atoms with Crippen molar-refractivity contribution in [3.63, 3.8) is 0 Å². The number of aliphatic hydroxyl groups excluding tert-OH is 1. The first-order valence-electron chi connectivity index (χ1n) is 12.0. The van der Waals surface area contributed by atoms with Crippen LogP contribution >= 0.6 is 0 Å². The number of anilines is 1. The number of nitrogens with zero attached hydrogens (tertiary/aromatic N) is 1. The molecule has 1 unspecified atom stereocenters. The van der Waals surface area contributed by atoms with Crippen molar-refractivity contribution < 1.29 is 29.3 Å². The highest BCUT2D eigenvalue weighted by Gasteiger charge is 2.18. The summed E-state index contributed by atoms with van der Waals surface area (Å²) in [5, 5.41) is 22.8. The first-order chi connectivity index (χ1) is 16.7. The summed E-state index contributed by atoms with van der Waals surface area (Å²) >= 11 is 0. The molecule has 0 saturated heterocycles. The van der Waals surface area contributed by atoms with Crippen LogP contribution < -0.4 is 10.2 Å². The van der Waals surface area contributed by atoms with Crippen LogP contribution in [0.15, 0.2) is 54.6 Å². The zero-order chi connectivity index (χ0) is 25.7. The molecule has 0 aromatic heterocycles. The Morgan fingerprint density at radius 2 is 1.77 bits per heavy atom. The van der Waals surface area contributed by atoms with Crippen LogP contribution in [-0.4, -0.2) is 47.7 Å². The van der Waals surface area contributed by atoms with Gasteiger partial charge in [0.25, 0.3) is 0 Å². The molecule has 3 N–H and O–H groups in total. The normalized spacial score (nSPS) is 12.1. The number of alkyl carbamates (subject to hydrolysis) is 1. The number of carbonyl (C=O) groups excluding carboxylic acids is 1. The Bertz CT molecular complexity index is 913. The third kappa shape index (κ3) is 11.2. The summed E-state index contributed by atoms with van der Waals surface area (Å²) in [6.45, 7) is 7.12. The summed E-state index contributed by atoms with van der Waals surface area (Å²) in [6, 6.07) is 16.8. The smallest absolute Gasteiger partial charge is 0.411 e. The van der Waals surface area contributed by atoms with Crippen molar-refractivity contribution in [1.29, 1.82) is 0 Å². The lowest BCUT2D eigenvalue weighted by Gasteiger charge is -2.21. The van der Waals surface area contributed by atoms with Gasteiger partial charge in [0.1, 0.15) is 5.60 Å². The molecule has 192 valence electrons. The lowest BCUT2D eigenvalue weighted by Crippen LogP contribution is -2.33. The fraction of sp³-hybridized carbons (Fsp3) is 0.481. The van der Waals surface area contributed by atoms with Gasteiger partial charge in [0.2, 0.25) is 0 Å². The summed E-state index contributed by atoms with van der Waals surface area (Å²) in [4.78, 5) is 24.9. The van der Waals surface area contributed by atoms with Gasteiger partial charge in [-0.2, -0.15) is 0 Å². The number of aliphatic hydroxyl groups is 1. The molecule has 8 heteroatoms. The summed E-state index contributed by atoms with van der Waals surface area (Å²) in [7, 11) is 0. The van der Waals surface area contributed by atoms with E-state index in [-0.39, 0.29) is 13.0 Å². The SMILES string of the molecule is CC(C)(C)OC(=O)NCCC(O)c1cccc(N(CCCCCOCc2ccccc2)C(=O)O)c1. The van der Waals surface area contributed by atoms with Crippen molar-refractivity contribution in [3.05, 3.63) is 65.7 Å². The van der Waals surface area contributed by atoms with Crippen LogP contribution in [0.4, 0.5) is 15.3 Å². The minimum Gasteiger partial charge on any atom is -0.465 e. The molecule has 0 bridgehead atoms. The number of carbonyl (C=O) groups is 2. The highest BCUT2D eigenvalue weighted by atomic mass is 16.6. The second kappa shape index (κ2) is 14.3. The van der Waals surface area contributed by atoms with E-state index in [1.54, 1.807) is 45.0 Å². The van der Waals surface area contributed by atoms with Gasteiger partial charge in [-0.25, -0.2) is 9.59 Å². The number of unbranched alkanes of at least 4 members (excludes halogenated alkanes) is 2. The minimum absolute atomic E-state index is 0.231. The molecule has 0 aliphatic heterocycles. The first kappa shape index (κ1) is 28.1. The van der Waals surface area contributed by atoms with Crippen molar-refractivity contribution in [2.75, 3.05) is 24.6 Å². The van der Waals surface area contributed by atoms with Gasteiger partial charge in [0.05, 0.1) is 12.7 Å². The van der Waals surface area contributed by atoms with Gasteiger partial charge in [0.15, 0.2) is 0 Å². The number of benzene rings is 2. The molecule has 0 aliphatic carbocycles. The van der Waals surface area contributed by atoms with Gasteiger partial charge in [-0.05, 0) is 69.7 Å². The number of hydrogen-bond acceptors (Lipinski definition) is 5. The van der Waals surface area contributed by atoms with Crippen LogP contribution in [0, 0.1) is 0 Å². The largest absolute Gasteiger partial charge is 0.465 e. The van der Waals surface area contributed by atoms with Gasteiger partial charge in [-0.15, -0.1) is 0 Å². The van der Waals surface area contributed by atoms with E-state index in [1.807, 2.05) is 30.3 Å². The highest BCUT2D eigenvalue weighted by molar-refractivity contribution is 5.86. The van der Waals surface area contributed by atoms with E-state index in [1.165, 1.54) is 4.90 Å². The summed E-state index contributed by atoms with van der Waals surface area (Å²) in [5.74, 6) is 0. The quantitative estimate of drug-likeness (QED) is 0.322. The molecule has 2 aromatic rings. The Hall–Kier alpha value is -3.10. The molecule has 0 heterocycles. The molecule has 0 fully saturated rings. The third-order valence-corrected chi connectivity index (χ3v) is 5.17. The van der Waals surface area contributed by atoms with Crippen LogP contribution in [0.3, 0.4) is 0 Å². The molecule has 8 nitrogen and oxygen atoms in total. The van der Waals surface area contributed by atoms with Gasteiger partial charge in [-0.3, -0.25) is 4.90 Å². The maximum absolute atomic E-state index is 11.8. The van der Waals surface area contributed by atoms with Crippen molar-refractivity contribution in [2.45, 2.75) is 64.8 Å². The Morgan fingerprint density at radius 3 is 2.46 bits per heavy atom. The number of nitrogens with one attached hydrogen (secondary N) is 1. The Labute approximate surface area is 207 Å². The van der Waals surface area contributed by atoms with Crippen LogP contribution in [-0.2, 0) is 16.1 Å². The second-order valence-corrected chi connectivity index (χ2v) is 9.36. The zero-order valence-electron chi connectivity index (χ0n) is 20.9. The molecule has 2 amide bonds. The van der Waals surface area contributed by atoms with Gasteiger partial charge in [0, 0.05) is 25.4 Å². The number of ether oxygens (including phenoxy) is 2. The lowest BCUT2D eigenvalue weighted by molar-refractivity contribution is 0.0518. The van der Waals surface area contributed by atoms with E-state index in [0.717, 1.165) is 18.4 Å². The predicted molar refractivity (Wildman–Crippen MR) is 136 cm³/mol. The molecule has 35 heavy (non-hydrogen) atoms. The maximum Gasteiger partial charge on any atom is 0.411 e. The van der Waals surface area contributed by atoms with Gasteiger partial charge >= 0.3 is 12.2 Å². The Morgan fingerprint density at radius 1 is 1.03 bits per heavy atom. The fourth-order valence-corrected chi connectivity index (χ4v) is 3.44. The van der Waals surface area contributed by atoms with Gasteiger partial charge < -0.3 is 25.0 Å². The summed E-state index contributed by atoms with van der Waals surface area (Å²) in [6.07, 6.45) is 0.250. The third-order valence-electron chi connectivity index (χ3n) is 5.17. The number of carboxylic acid groups (broad SMARTS) is 1. The monoisotopic (exact) mass is 486 g/mol. The average Bonchev–Trinajstić information content (AvgIpc) is 2.80. The van der Waals surface area contributed by atoms with E-state index in [4.69, 9.17) is 9.47 Å². The number of amides is 2. The minimum atomic E-state index is -1.04. The van der Waals surface area contributed by atoms with Crippen molar-refractivity contribution in [1.82, 2.24) is 5.32 Å². The predicted octanol–water partition coefficient (Wildman–Crippen LogP) is 5.51. The Kier molecular flexibility index (Phi) is 11.5. The van der Waals surface area contributed by atoms with Crippen molar-refractivity contribution in [3.8, 4) is 0 Å². The molecule has 1 atom stereocenters. The lowest BCUT2D eigenvalue weighted by atomic mass is 10.1. The molecule has 0 radical (unpaired) electrons. The first-order valence-corrected chi connectivity index (χ1v) is 12.0. The topological polar surface area (TPSA) is 108 Å². The van der Waals surface area contributed by atoms with E-state index in [9.17, 15) is 19.8 Å².